The number of hydrogen-bond donors (Lipinski definition) is 1. The molecule has 168 valence electrons. The van der Waals surface area contributed by atoms with Gasteiger partial charge in [0.15, 0.2) is 0 Å². The van der Waals surface area contributed by atoms with E-state index in [0.29, 0.717) is 29.3 Å². The Kier molecular flexibility index (Phi) is 8.96. The first-order valence-electron chi connectivity index (χ1n) is 10.6. The number of aryl methyl sites for hydroxylation is 1. The Labute approximate surface area is 195 Å². The van der Waals surface area contributed by atoms with E-state index in [9.17, 15) is 9.59 Å². The number of likely N-dealkylation sites (N-methyl/N-ethyl adjacent to an activating group) is 1. The molecule has 2 rings (SSSR count). The highest BCUT2D eigenvalue weighted by atomic mass is 35.5. The fraction of sp³-hybridized carbons (Fsp3) is 0.440. The van der Waals surface area contributed by atoms with Crippen LogP contribution in [-0.4, -0.2) is 29.8 Å². The summed E-state index contributed by atoms with van der Waals surface area (Å²) in [5, 5.41) is 3.68. The Hall–Kier alpha value is -2.04. The summed E-state index contributed by atoms with van der Waals surface area (Å²) in [5.74, 6) is -0.267. The van der Waals surface area contributed by atoms with E-state index in [1.807, 2.05) is 6.92 Å². The number of amides is 2. The molecule has 0 aromatic heterocycles. The van der Waals surface area contributed by atoms with Gasteiger partial charge in [0.05, 0.1) is 0 Å². The Bertz CT molecular complexity index is 905. The average molecular weight is 463 g/mol. The van der Waals surface area contributed by atoms with Crippen LogP contribution in [0, 0.1) is 0 Å². The van der Waals surface area contributed by atoms with E-state index < -0.39 is 6.04 Å². The minimum Gasteiger partial charge on any atom is -0.357 e. The summed E-state index contributed by atoms with van der Waals surface area (Å²) >= 11 is 12.3. The smallest absolute Gasteiger partial charge is 0.242 e. The van der Waals surface area contributed by atoms with Crippen molar-refractivity contribution in [2.45, 2.75) is 65.0 Å². The van der Waals surface area contributed by atoms with Crippen molar-refractivity contribution in [2.24, 2.45) is 0 Å². The van der Waals surface area contributed by atoms with Crippen molar-refractivity contribution in [3.05, 3.63) is 69.2 Å². The topological polar surface area (TPSA) is 49.4 Å². The van der Waals surface area contributed by atoms with Crippen LogP contribution in [0.25, 0.3) is 0 Å². The SMILES string of the molecule is CCC(C(=O)NC)N(Cc1ccc(Cl)cc1Cl)C(=O)CCc1ccc(C(C)(C)C)cc1. The van der Waals surface area contributed by atoms with E-state index in [0.717, 1.165) is 11.1 Å². The van der Waals surface area contributed by atoms with Gasteiger partial charge >= 0.3 is 0 Å². The zero-order chi connectivity index (χ0) is 23.2. The maximum atomic E-state index is 13.2. The van der Waals surface area contributed by atoms with Crippen molar-refractivity contribution in [3.8, 4) is 0 Å². The highest BCUT2D eigenvalue weighted by Crippen LogP contribution is 2.25. The van der Waals surface area contributed by atoms with E-state index in [-0.39, 0.29) is 23.8 Å². The fourth-order valence-corrected chi connectivity index (χ4v) is 3.95. The minimum atomic E-state index is -0.562. The first-order chi connectivity index (χ1) is 14.6. The average Bonchev–Trinajstić information content (AvgIpc) is 2.72. The van der Waals surface area contributed by atoms with Crippen LogP contribution in [0.1, 0.15) is 57.2 Å². The summed E-state index contributed by atoms with van der Waals surface area (Å²) in [6.45, 7) is 8.68. The normalized spacial score (nSPS) is 12.4. The molecule has 4 nitrogen and oxygen atoms in total. The zero-order valence-electron chi connectivity index (χ0n) is 19.0. The van der Waals surface area contributed by atoms with Gasteiger partial charge in [0.1, 0.15) is 6.04 Å². The van der Waals surface area contributed by atoms with Gasteiger partial charge < -0.3 is 10.2 Å². The van der Waals surface area contributed by atoms with Crippen LogP contribution < -0.4 is 5.32 Å². The third-order valence-electron chi connectivity index (χ3n) is 5.44. The van der Waals surface area contributed by atoms with Crippen molar-refractivity contribution in [2.75, 3.05) is 7.05 Å². The lowest BCUT2D eigenvalue weighted by molar-refractivity contribution is -0.141. The summed E-state index contributed by atoms with van der Waals surface area (Å²) in [6, 6.07) is 13.0. The monoisotopic (exact) mass is 462 g/mol. The van der Waals surface area contributed by atoms with E-state index >= 15 is 0 Å². The van der Waals surface area contributed by atoms with Gasteiger partial charge in [0.2, 0.25) is 11.8 Å². The summed E-state index contributed by atoms with van der Waals surface area (Å²) in [6.07, 6.45) is 1.43. The largest absolute Gasteiger partial charge is 0.357 e. The predicted octanol–water partition coefficient (Wildman–Crippen LogP) is 5.78. The molecule has 0 saturated carbocycles. The fourth-order valence-electron chi connectivity index (χ4n) is 3.49. The van der Waals surface area contributed by atoms with Crippen LogP contribution in [-0.2, 0) is 28.0 Å². The van der Waals surface area contributed by atoms with Gasteiger partial charge in [-0.05, 0) is 47.1 Å². The molecule has 6 heteroatoms. The molecule has 0 aliphatic carbocycles. The van der Waals surface area contributed by atoms with Crippen molar-refractivity contribution in [1.82, 2.24) is 10.2 Å². The van der Waals surface area contributed by atoms with Crippen LogP contribution in [0.5, 0.6) is 0 Å². The van der Waals surface area contributed by atoms with Crippen LogP contribution in [0.2, 0.25) is 10.0 Å². The van der Waals surface area contributed by atoms with Crippen molar-refractivity contribution < 1.29 is 9.59 Å². The lowest BCUT2D eigenvalue weighted by Gasteiger charge is -2.30. The van der Waals surface area contributed by atoms with Crippen LogP contribution in [0.4, 0.5) is 0 Å². The lowest BCUT2D eigenvalue weighted by atomic mass is 9.86. The maximum absolute atomic E-state index is 13.2. The number of nitrogens with one attached hydrogen (secondary N) is 1. The maximum Gasteiger partial charge on any atom is 0.242 e. The molecule has 31 heavy (non-hydrogen) atoms. The number of carbonyl (C=O) groups is 2. The number of hydrogen-bond acceptors (Lipinski definition) is 2. The molecule has 0 spiro atoms. The van der Waals surface area contributed by atoms with Gasteiger partial charge in [-0.2, -0.15) is 0 Å². The number of halogens is 2. The standard InChI is InChI=1S/C25H32Cl2N2O2/c1-6-22(24(31)28-5)29(16-18-10-13-20(26)15-21(18)27)23(30)14-9-17-7-11-19(12-8-17)25(2,3)4/h7-8,10-13,15,22H,6,9,14,16H2,1-5H3,(H,28,31). The van der Waals surface area contributed by atoms with E-state index in [2.05, 4.69) is 50.4 Å². The molecule has 0 heterocycles. The number of rotatable bonds is 8. The van der Waals surface area contributed by atoms with Crippen LogP contribution in [0.3, 0.4) is 0 Å². The molecule has 0 radical (unpaired) electrons. The predicted molar refractivity (Wildman–Crippen MR) is 129 cm³/mol. The molecular formula is C25H32Cl2N2O2. The number of carbonyl (C=O) groups excluding carboxylic acids is 2. The Morgan fingerprint density at radius 2 is 1.71 bits per heavy atom. The zero-order valence-corrected chi connectivity index (χ0v) is 20.5. The van der Waals surface area contributed by atoms with Crippen LogP contribution in [0.15, 0.2) is 42.5 Å². The molecule has 2 amide bonds. The molecule has 0 aliphatic heterocycles. The van der Waals surface area contributed by atoms with Gasteiger partial charge in [-0.25, -0.2) is 0 Å². The summed E-state index contributed by atoms with van der Waals surface area (Å²) in [4.78, 5) is 27.3. The summed E-state index contributed by atoms with van der Waals surface area (Å²) < 4.78 is 0. The highest BCUT2D eigenvalue weighted by molar-refractivity contribution is 6.35. The van der Waals surface area contributed by atoms with Crippen LogP contribution >= 0.6 is 23.2 Å². The Balaban J connectivity index is 2.20. The molecule has 0 fully saturated rings. The van der Waals surface area contributed by atoms with Gasteiger partial charge in [0.25, 0.3) is 0 Å². The second-order valence-corrected chi connectivity index (χ2v) is 9.59. The lowest BCUT2D eigenvalue weighted by Crippen LogP contribution is -2.48. The second kappa shape index (κ2) is 11.0. The number of benzene rings is 2. The molecule has 2 aromatic carbocycles. The van der Waals surface area contributed by atoms with Gasteiger partial charge in [-0.1, -0.05) is 81.2 Å². The van der Waals surface area contributed by atoms with Gasteiger partial charge in [0, 0.05) is 30.1 Å². The first kappa shape index (κ1) is 25.2. The first-order valence-corrected chi connectivity index (χ1v) is 11.4. The van der Waals surface area contributed by atoms with Crippen molar-refractivity contribution in [1.29, 1.82) is 0 Å². The summed E-state index contributed by atoms with van der Waals surface area (Å²) in [7, 11) is 1.58. The number of nitrogens with zero attached hydrogens (tertiary/aromatic N) is 1. The summed E-state index contributed by atoms with van der Waals surface area (Å²) in [5.41, 5.74) is 3.20. The molecular weight excluding hydrogens is 431 g/mol. The molecule has 0 saturated heterocycles. The molecule has 0 bridgehead atoms. The van der Waals surface area contributed by atoms with Crippen molar-refractivity contribution in [3.63, 3.8) is 0 Å². The third kappa shape index (κ3) is 6.98. The van der Waals surface area contributed by atoms with E-state index in [1.54, 1.807) is 30.1 Å². The third-order valence-corrected chi connectivity index (χ3v) is 6.02. The Morgan fingerprint density at radius 1 is 1.06 bits per heavy atom. The van der Waals surface area contributed by atoms with Gasteiger partial charge in [-0.15, -0.1) is 0 Å². The molecule has 2 aromatic rings. The van der Waals surface area contributed by atoms with E-state index in [4.69, 9.17) is 23.2 Å². The molecule has 1 atom stereocenters. The second-order valence-electron chi connectivity index (χ2n) is 8.74. The quantitative estimate of drug-likeness (QED) is 0.540. The minimum absolute atomic E-state index is 0.0821. The highest BCUT2D eigenvalue weighted by Gasteiger charge is 2.28. The van der Waals surface area contributed by atoms with E-state index in [1.165, 1.54) is 5.56 Å². The molecule has 1 unspecified atom stereocenters. The van der Waals surface area contributed by atoms with Gasteiger partial charge in [-0.3, -0.25) is 9.59 Å². The Morgan fingerprint density at radius 3 is 2.23 bits per heavy atom. The molecule has 1 N–H and O–H groups in total. The van der Waals surface area contributed by atoms with Crippen molar-refractivity contribution >= 4 is 35.0 Å². The molecule has 0 aliphatic rings.